The van der Waals surface area contributed by atoms with E-state index in [9.17, 15) is 4.79 Å². The molecule has 2 rings (SSSR count). The van der Waals surface area contributed by atoms with Crippen molar-refractivity contribution >= 4 is 11.6 Å². The van der Waals surface area contributed by atoms with Crippen molar-refractivity contribution < 1.29 is 42.0 Å². The number of hydrogen-bond donors (Lipinski definition) is 1. The molecule has 1 aromatic rings. The van der Waals surface area contributed by atoms with Crippen LogP contribution in [0.25, 0.3) is 0 Å². The molecule has 1 N–H and O–H groups in total. The van der Waals surface area contributed by atoms with Crippen molar-refractivity contribution in [3.63, 3.8) is 0 Å². The van der Waals surface area contributed by atoms with Gasteiger partial charge in [-0.1, -0.05) is 18.2 Å². The van der Waals surface area contributed by atoms with Crippen LogP contribution in [0.1, 0.15) is 37.3 Å². The van der Waals surface area contributed by atoms with Gasteiger partial charge in [0.05, 0.1) is 19.6 Å². The van der Waals surface area contributed by atoms with Gasteiger partial charge in [-0.3, -0.25) is 4.79 Å². The first-order valence-corrected chi connectivity index (χ1v) is 7.77. The average Bonchev–Trinajstić information content (AvgIpc) is 2.44. The van der Waals surface area contributed by atoms with Gasteiger partial charge >= 0.3 is 0 Å². The van der Waals surface area contributed by atoms with E-state index in [1.165, 1.54) is 19.3 Å². The zero-order chi connectivity index (χ0) is 14.6. The van der Waals surface area contributed by atoms with Gasteiger partial charge in [0.2, 0.25) is 0 Å². The van der Waals surface area contributed by atoms with Crippen LogP contribution in [0, 0.1) is 13.8 Å². The summed E-state index contributed by atoms with van der Waals surface area (Å²) in [5.74, 6) is 0.158. The van der Waals surface area contributed by atoms with Crippen LogP contribution in [0.2, 0.25) is 0 Å². The number of carbonyl (C=O) groups excluding carboxylic acids is 1. The summed E-state index contributed by atoms with van der Waals surface area (Å²) in [7, 11) is 0. The summed E-state index contributed by atoms with van der Waals surface area (Å²) in [6.45, 7) is 10.3. The van der Waals surface area contributed by atoms with Crippen molar-refractivity contribution in [3.05, 3.63) is 29.3 Å². The molecule has 0 aromatic heterocycles. The number of benzene rings is 1. The first-order chi connectivity index (χ1) is 9.56. The molecule has 1 aliphatic rings. The Morgan fingerprint density at radius 2 is 1.71 bits per heavy atom. The van der Waals surface area contributed by atoms with E-state index in [4.69, 9.17) is 0 Å². The molecular weight excluding hydrogens is 337 g/mol. The Morgan fingerprint density at radius 3 is 2.24 bits per heavy atom. The van der Waals surface area contributed by atoms with Gasteiger partial charge in [0.25, 0.3) is 5.91 Å². The maximum Gasteiger partial charge on any atom is 0.279 e. The van der Waals surface area contributed by atoms with Gasteiger partial charge in [-0.15, -0.1) is 0 Å². The SMILES string of the molecule is CC[N+]1(CC(=O)Nc2c(C)cccc2C)CCCCC1.[Y]. The van der Waals surface area contributed by atoms with Crippen molar-refractivity contribution in [2.45, 2.75) is 40.0 Å². The molecule has 0 unspecified atom stereocenters. The van der Waals surface area contributed by atoms with Crippen LogP contribution in [0.5, 0.6) is 0 Å². The molecular formula is C17H27N2OY+. The van der Waals surface area contributed by atoms with Crippen LogP contribution >= 0.6 is 0 Å². The van der Waals surface area contributed by atoms with Gasteiger partial charge in [-0.2, -0.15) is 0 Å². The third-order valence-corrected chi connectivity index (χ3v) is 4.66. The first kappa shape index (κ1) is 18.8. The molecule has 0 spiro atoms. The van der Waals surface area contributed by atoms with E-state index in [-0.39, 0.29) is 38.6 Å². The standard InChI is InChI=1S/C17H26N2O.Y/c1-4-19(11-6-5-7-12-19)13-16(20)18-17-14(2)9-8-10-15(17)3;/h8-10H,4-7,11-13H2,1-3H3;/p+1. The molecule has 1 aliphatic heterocycles. The Bertz CT molecular complexity index is 461. The molecule has 4 heteroatoms. The van der Waals surface area contributed by atoms with Crippen molar-refractivity contribution in [2.24, 2.45) is 0 Å². The number of carbonyl (C=O) groups is 1. The maximum atomic E-state index is 12.4. The van der Waals surface area contributed by atoms with E-state index in [0.717, 1.165) is 40.9 Å². The Labute approximate surface area is 154 Å². The topological polar surface area (TPSA) is 29.1 Å². The van der Waals surface area contributed by atoms with E-state index in [0.29, 0.717) is 6.54 Å². The minimum Gasteiger partial charge on any atom is -0.321 e. The Morgan fingerprint density at radius 1 is 1.14 bits per heavy atom. The molecule has 3 nitrogen and oxygen atoms in total. The second-order valence-electron chi connectivity index (χ2n) is 6.14. The van der Waals surface area contributed by atoms with Gasteiger partial charge < -0.3 is 9.80 Å². The summed E-state index contributed by atoms with van der Waals surface area (Å²) < 4.78 is 0.955. The number of likely N-dealkylation sites (tertiary alicyclic amines) is 1. The molecule has 1 heterocycles. The normalized spacial score (nSPS) is 16.9. The molecule has 1 saturated heterocycles. The van der Waals surface area contributed by atoms with Crippen LogP contribution in [-0.2, 0) is 37.5 Å². The number of amides is 1. The largest absolute Gasteiger partial charge is 0.321 e. The fraction of sp³-hybridized carbons (Fsp3) is 0.588. The van der Waals surface area contributed by atoms with Crippen LogP contribution in [0.3, 0.4) is 0 Å². The molecule has 1 aromatic carbocycles. The van der Waals surface area contributed by atoms with E-state index >= 15 is 0 Å². The van der Waals surface area contributed by atoms with Gasteiger partial charge in [-0.05, 0) is 51.2 Å². The number of piperidine rings is 1. The Kier molecular flexibility index (Phi) is 7.52. The van der Waals surface area contributed by atoms with Crippen molar-refractivity contribution in [3.8, 4) is 0 Å². The number of anilines is 1. The Balaban J connectivity index is 0.00000220. The monoisotopic (exact) mass is 364 g/mol. The smallest absolute Gasteiger partial charge is 0.279 e. The fourth-order valence-electron chi connectivity index (χ4n) is 3.26. The predicted molar refractivity (Wildman–Crippen MR) is 83.8 cm³/mol. The molecule has 0 aliphatic carbocycles. The van der Waals surface area contributed by atoms with Crippen molar-refractivity contribution in [2.75, 3.05) is 31.5 Å². The Hall–Kier alpha value is -0.246. The van der Waals surface area contributed by atoms with E-state index < -0.39 is 0 Å². The second-order valence-corrected chi connectivity index (χ2v) is 6.14. The summed E-state index contributed by atoms with van der Waals surface area (Å²) in [5.41, 5.74) is 3.27. The number of nitrogens with one attached hydrogen (secondary N) is 1. The number of quaternary nitrogens is 1. The number of rotatable bonds is 4. The summed E-state index contributed by atoms with van der Waals surface area (Å²) in [5, 5.41) is 3.13. The van der Waals surface area contributed by atoms with Crippen LogP contribution in [0.15, 0.2) is 18.2 Å². The zero-order valence-corrected chi connectivity index (χ0v) is 16.5. The summed E-state index contributed by atoms with van der Waals surface area (Å²) >= 11 is 0. The van der Waals surface area contributed by atoms with E-state index in [2.05, 4.69) is 12.2 Å². The van der Waals surface area contributed by atoms with Crippen LogP contribution < -0.4 is 5.32 Å². The number of para-hydroxylation sites is 1. The molecule has 0 atom stereocenters. The van der Waals surface area contributed by atoms with Gasteiger partial charge in [0.1, 0.15) is 0 Å². The average molecular weight is 364 g/mol. The molecule has 113 valence electrons. The molecule has 21 heavy (non-hydrogen) atoms. The number of nitrogens with zero attached hydrogens (tertiary/aromatic N) is 1. The number of hydrogen-bond acceptors (Lipinski definition) is 1. The molecule has 1 radical (unpaired) electrons. The van der Waals surface area contributed by atoms with E-state index in [1.807, 2.05) is 32.0 Å². The molecule has 1 fully saturated rings. The summed E-state index contributed by atoms with van der Waals surface area (Å²) in [6.07, 6.45) is 3.83. The van der Waals surface area contributed by atoms with Crippen LogP contribution in [-0.4, -0.2) is 36.6 Å². The minimum absolute atomic E-state index is 0. The van der Waals surface area contributed by atoms with Gasteiger partial charge in [-0.25, -0.2) is 0 Å². The zero-order valence-electron chi connectivity index (χ0n) is 13.6. The van der Waals surface area contributed by atoms with Gasteiger partial charge in [0, 0.05) is 38.4 Å². The maximum absolute atomic E-state index is 12.4. The van der Waals surface area contributed by atoms with Crippen LogP contribution in [0.4, 0.5) is 5.69 Å². The fourth-order valence-corrected chi connectivity index (χ4v) is 3.26. The third kappa shape index (κ3) is 4.87. The molecule has 0 bridgehead atoms. The van der Waals surface area contributed by atoms with Crippen molar-refractivity contribution in [1.82, 2.24) is 0 Å². The molecule has 1 amide bonds. The minimum atomic E-state index is 0. The van der Waals surface area contributed by atoms with E-state index in [1.54, 1.807) is 0 Å². The van der Waals surface area contributed by atoms with Crippen molar-refractivity contribution in [1.29, 1.82) is 0 Å². The first-order valence-electron chi connectivity index (χ1n) is 7.77. The summed E-state index contributed by atoms with van der Waals surface area (Å²) in [4.78, 5) is 12.4. The predicted octanol–water partition coefficient (Wildman–Crippen LogP) is 3.26. The molecule has 0 saturated carbocycles. The summed E-state index contributed by atoms with van der Waals surface area (Å²) in [6, 6.07) is 6.13. The number of aryl methyl sites for hydroxylation is 2. The number of likely N-dealkylation sites (N-methyl/N-ethyl adjacent to an activating group) is 1. The third-order valence-electron chi connectivity index (χ3n) is 4.66. The van der Waals surface area contributed by atoms with Gasteiger partial charge in [0.15, 0.2) is 6.54 Å². The second kappa shape index (κ2) is 8.40. The quantitative estimate of drug-likeness (QED) is 0.817.